The Morgan fingerprint density at radius 2 is 1.42 bits per heavy atom. The van der Waals surface area contributed by atoms with Gasteiger partial charge in [-0.2, -0.15) is 0 Å². The molecule has 0 aromatic carbocycles. The van der Waals surface area contributed by atoms with Crippen LogP contribution in [0.5, 0.6) is 0 Å². The van der Waals surface area contributed by atoms with Crippen molar-refractivity contribution in [2.45, 2.75) is 86.0 Å². The van der Waals surface area contributed by atoms with Gasteiger partial charge in [-0.3, -0.25) is 9.59 Å². The molecule has 0 aliphatic carbocycles. The minimum absolute atomic E-state index is 0.0560. The number of nitrogens with zero attached hydrogens (tertiary/aromatic N) is 2. The van der Waals surface area contributed by atoms with Gasteiger partial charge in [-0.05, 0) is 68.4 Å². The number of esters is 2. The number of hydrogen-bond donors (Lipinski definition) is 0. The van der Waals surface area contributed by atoms with Crippen LogP contribution >= 0.6 is 0 Å². The molecular formula is C27H50N2O4. The fourth-order valence-electron chi connectivity index (χ4n) is 4.76. The van der Waals surface area contributed by atoms with E-state index in [0.29, 0.717) is 32.0 Å². The SMILES string of the molecule is CCC(C)(C)CCOC(=O)CCN1CCC(CC2CCN(CCC(=O)OCCC(C)C)C2)C1. The van der Waals surface area contributed by atoms with Crippen LogP contribution in [-0.4, -0.2) is 74.2 Å². The Morgan fingerprint density at radius 1 is 0.909 bits per heavy atom. The lowest BCUT2D eigenvalue weighted by Crippen LogP contribution is -2.26. The van der Waals surface area contributed by atoms with E-state index in [4.69, 9.17) is 9.47 Å². The topological polar surface area (TPSA) is 59.1 Å². The lowest BCUT2D eigenvalue weighted by atomic mass is 9.87. The Morgan fingerprint density at radius 3 is 1.91 bits per heavy atom. The second-order valence-corrected chi connectivity index (χ2v) is 11.5. The molecule has 2 aliphatic rings. The van der Waals surface area contributed by atoms with Crippen molar-refractivity contribution in [3.63, 3.8) is 0 Å². The van der Waals surface area contributed by atoms with Gasteiger partial charge >= 0.3 is 11.9 Å². The lowest BCUT2D eigenvalue weighted by molar-refractivity contribution is -0.145. The zero-order valence-corrected chi connectivity index (χ0v) is 22.1. The molecule has 2 atom stereocenters. The Kier molecular flexibility index (Phi) is 12.2. The molecule has 0 N–H and O–H groups in total. The first-order valence-corrected chi connectivity index (χ1v) is 13.4. The largest absolute Gasteiger partial charge is 0.466 e. The molecule has 0 amide bonds. The standard InChI is InChI=1S/C27H50N2O4/c1-6-27(4,5)12-18-33-26(31)10-16-29-14-8-24(21-29)19-23-7-13-28(20-23)15-9-25(30)32-17-11-22(2)3/h22-24H,6-21H2,1-5H3. The number of rotatable bonds is 15. The average molecular weight is 467 g/mol. The molecule has 33 heavy (non-hydrogen) atoms. The zero-order valence-electron chi connectivity index (χ0n) is 22.1. The van der Waals surface area contributed by atoms with Crippen molar-refractivity contribution in [3.8, 4) is 0 Å². The van der Waals surface area contributed by atoms with E-state index in [1.807, 2.05) is 0 Å². The number of hydrogen-bond acceptors (Lipinski definition) is 6. The van der Waals surface area contributed by atoms with E-state index in [1.165, 1.54) is 19.3 Å². The fraction of sp³-hybridized carbons (Fsp3) is 0.926. The number of carbonyl (C=O) groups excluding carboxylic acids is 2. The lowest BCUT2D eigenvalue weighted by Gasteiger charge is -2.22. The molecule has 0 spiro atoms. The third-order valence-corrected chi connectivity index (χ3v) is 7.63. The van der Waals surface area contributed by atoms with Gasteiger partial charge < -0.3 is 19.3 Å². The number of carbonyl (C=O) groups is 2. The van der Waals surface area contributed by atoms with Crippen LogP contribution in [0.4, 0.5) is 0 Å². The highest BCUT2D eigenvalue weighted by molar-refractivity contribution is 5.69. The highest BCUT2D eigenvalue weighted by Gasteiger charge is 2.29. The quantitative estimate of drug-likeness (QED) is 0.324. The van der Waals surface area contributed by atoms with Gasteiger partial charge in [0, 0.05) is 26.2 Å². The first-order chi connectivity index (χ1) is 15.7. The fourth-order valence-corrected chi connectivity index (χ4v) is 4.76. The summed E-state index contributed by atoms with van der Waals surface area (Å²) in [5.41, 5.74) is 0.245. The maximum absolute atomic E-state index is 12.1. The maximum atomic E-state index is 12.1. The molecule has 0 aromatic rings. The molecule has 0 aromatic heterocycles. The molecule has 2 fully saturated rings. The van der Waals surface area contributed by atoms with Gasteiger partial charge in [-0.15, -0.1) is 0 Å². The van der Waals surface area contributed by atoms with Gasteiger partial charge in [0.1, 0.15) is 0 Å². The monoisotopic (exact) mass is 466 g/mol. The smallest absolute Gasteiger partial charge is 0.307 e. The van der Waals surface area contributed by atoms with Gasteiger partial charge in [0.15, 0.2) is 0 Å². The first kappa shape index (κ1) is 28.1. The molecule has 2 saturated heterocycles. The van der Waals surface area contributed by atoms with E-state index in [1.54, 1.807) is 0 Å². The van der Waals surface area contributed by atoms with E-state index in [2.05, 4.69) is 44.4 Å². The molecule has 0 radical (unpaired) electrons. The molecule has 192 valence electrons. The molecule has 0 bridgehead atoms. The summed E-state index contributed by atoms with van der Waals surface area (Å²) in [6, 6.07) is 0. The Labute approximate surface area is 202 Å². The molecule has 2 unspecified atom stereocenters. The minimum Gasteiger partial charge on any atom is -0.466 e. The molecule has 2 heterocycles. The summed E-state index contributed by atoms with van der Waals surface area (Å²) in [4.78, 5) is 28.9. The van der Waals surface area contributed by atoms with Gasteiger partial charge in [0.2, 0.25) is 0 Å². The summed E-state index contributed by atoms with van der Waals surface area (Å²) in [6.07, 6.45) is 7.72. The van der Waals surface area contributed by atoms with Crippen LogP contribution in [0, 0.1) is 23.2 Å². The van der Waals surface area contributed by atoms with Crippen molar-refractivity contribution < 1.29 is 19.1 Å². The maximum Gasteiger partial charge on any atom is 0.307 e. The molecule has 6 heteroatoms. The van der Waals surface area contributed by atoms with Crippen molar-refractivity contribution in [1.82, 2.24) is 9.80 Å². The molecule has 2 rings (SSSR count). The molecule has 6 nitrogen and oxygen atoms in total. The summed E-state index contributed by atoms with van der Waals surface area (Å²) in [6.45, 7) is 18.1. The number of ether oxygens (including phenoxy) is 2. The minimum atomic E-state index is -0.0573. The highest BCUT2D eigenvalue weighted by atomic mass is 16.5. The van der Waals surface area contributed by atoms with Gasteiger partial charge in [-0.1, -0.05) is 41.0 Å². The van der Waals surface area contributed by atoms with E-state index in [9.17, 15) is 9.59 Å². The second kappa shape index (κ2) is 14.3. The van der Waals surface area contributed by atoms with Crippen LogP contribution in [0.25, 0.3) is 0 Å². The first-order valence-electron chi connectivity index (χ1n) is 13.4. The predicted molar refractivity (Wildman–Crippen MR) is 133 cm³/mol. The van der Waals surface area contributed by atoms with Crippen molar-refractivity contribution in [1.29, 1.82) is 0 Å². The predicted octanol–water partition coefficient (Wildman–Crippen LogP) is 4.76. The Bertz CT molecular complexity index is 593. The van der Waals surface area contributed by atoms with Gasteiger partial charge in [0.25, 0.3) is 0 Å². The van der Waals surface area contributed by atoms with Crippen molar-refractivity contribution in [3.05, 3.63) is 0 Å². The van der Waals surface area contributed by atoms with Crippen molar-refractivity contribution in [2.75, 3.05) is 52.5 Å². The third kappa shape index (κ3) is 11.7. The van der Waals surface area contributed by atoms with Crippen molar-refractivity contribution >= 4 is 11.9 Å². The summed E-state index contributed by atoms with van der Waals surface area (Å²) in [7, 11) is 0. The highest BCUT2D eigenvalue weighted by Crippen LogP contribution is 2.29. The zero-order chi connectivity index (χ0) is 24.3. The van der Waals surface area contributed by atoms with Crippen LogP contribution in [0.2, 0.25) is 0 Å². The van der Waals surface area contributed by atoms with Crippen LogP contribution < -0.4 is 0 Å². The molecule has 2 aliphatic heterocycles. The molecule has 0 saturated carbocycles. The normalized spacial score (nSPS) is 22.2. The summed E-state index contributed by atoms with van der Waals surface area (Å²) in [5, 5.41) is 0. The summed E-state index contributed by atoms with van der Waals surface area (Å²) < 4.78 is 10.8. The van der Waals surface area contributed by atoms with E-state index in [0.717, 1.165) is 70.4 Å². The van der Waals surface area contributed by atoms with Crippen molar-refractivity contribution in [2.24, 2.45) is 23.2 Å². The van der Waals surface area contributed by atoms with Crippen LogP contribution in [0.15, 0.2) is 0 Å². The van der Waals surface area contributed by atoms with E-state index >= 15 is 0 Å². The van der Waals surface area contributed by atoms with Crippen LogP contribution in [0.1, 0.15) is 86.0 Å². The van der Waals surface area contributed by atoms with Crippen LogP contribution in [0.3, 0.4) is 0 Å². The van der Waals surface area contributed by atoms with E-state index < -0.39 is 0 Å². The van der Waals surface area contributed by atoms with Gasteiger partial charge in [0.05, 0.1) is 26.1 Å². The average Bonchev–Trinajstić information content (AvgIpc) is 3.40. The molecular weight excluding hydrogens is 416 g/mol. The number of likely N-dealkylation sites (tertiary alicyclic amines) is 2. The summed E-state index contributed by atoms with van der Waals surface area (Å²) >= 11 is 0. The Hall–Kier alpha value is -1.14. The third-order valence-electron chi connectivity index (χ3n) is 7.63. The van der Waals surface area contributed by atoms with E-state index in [-0.39, 0.29) is 17.4 Å². The van der Waals surface area contributed by atoms with Crippen LogP contribution in [-0.2, 0) is 19.1 Å². The summed E-state index contributed by atoms with van der Waals surface area (Å²) in [5.74, 6) is 1.93. The van der Waals surface area contributed by atoms with Gasteiger partial charge in [-0.25, -0.2) is 0 Å². The second-order valence-electron chi connectivity index (χ2n) is 11.5. The Balaban J connectivity index is 1.54.